The number of aryl methyl sites for hydroxylation is 1. The van der Waals surface area contributed by atoms with Gasteiger partial charge in [0.05, 0.1) is 6.20 Å². The van der Waals surface area contributed by atoms with Gasteiger partial charge in [0, 0.05) is 31.0 Å². The minimum atomic E-state index is -0.404. The maximum atomic E-state index is 13.6. The zero-order valence-corrected chi connectivity index (χ0v) is 11.4. The second-order valence-electron chi connectivity index (χ2n) is 4.26. The smallest absolute Gasteiger partial charge is 0.135 e. The topological polar surface area (TPSA) is 55.9 Å². The molecule has 1 aromatic carbocycles. The quantitative estimate of drug-likeness (QED) is 0.820. The molecule has 0 saturated carbocycles. The maximum Gasteiger partial charge on any atom is 0.135 e. The van der Waals surface area contributed by atoms with Crippen LogP contribution in [0.3, 0.4) is 0 Å². The van der Waals surface area contributed by atoms with E-state index in [2.05, 4.69) is 10.4 Å². The summed E-state index contributed by atoms with van der Waals surface area (Å²) in [5, 5.41) is 7.24. The second-order valence-corrected chi connectivity index (χ2v) is 4.70. The predicted molar refractivity (Wildman–Crippen MR) is 77.7 cm³/mol. The van der Waals surface area contributed by atoms with Crippen LogP contribution in [0.15, 0.2) is 30.6 Å². The van der Waals surface area contributed by atoms with Gasteiger partial charge in [-0.1, -0.05) is 12.2 Å². The van der Waals surface area contributed by atoms with E-state index in [1.54, 1.807) is 16.8 Å². The Labute approximate surface area is 116 Å². The lowest BCUT2D eigenvalue weighted by Crippen LogP contribution is -2.12. The molecule has 0 aliphatic carbocycles. The molecule has 0 fully saturated rings. The Morgan fingerprint density at radius 2 is 2.32 bits per heavy atom. The van der Waals surface area contributed by atoms with Crippen LogP contribution in [-0.4, -0.2) is 21.3 Å². The van der Waals surface area contributed by atoms with Gasteiger partial charge in [0.1, 0.15) is 10.8 Å². The minimum Gasteiger partial charge on any atom is -0.389 e. The number of hydrogen-bond donors (Lipinski definition) is 2. The van der Waals surface area contributed by atoms with E-state index in [1.807, 2.05) is 19.4 Å². The third-order valence-corrected chi connectivity index (χ3v) is 2.96. The SMILES string of the molecule is Cn1cc(CCNc2ccc(C(N)=S)c(F)c2)cn1. The molecule has 3 N–H and O–H groups in total. The molecule has 2 rings (SSSR count). The average molecular weight is 278 g/mol. The van der Waals surface area contributed by atoms with Gasteiger partial charge < -0.3 is 11.1 Å². The number of benzene rings is 1. The van der Waals surface area contributed by atoms with Crippen LogP contribution in [-0.2, 0) is 13.5 Å². The molecule has 0 unspecified atom stereocenters. The first kappa shape index (κ1) is 13.5. The first-order chi connectivity index (χ1) is 9.06. The Bertz CT molecular complexity index is 594. The Kier molecular flexibility index (Phi) is 4.11. The fourth-order valence-electron chi connectivity index (χ4n) is 1.78. The average Bonchev–Trinajstić information content (AvgIpc) is 2.75. The molecular formula is C13H15FN4S. The van der Waals surface area contributed by atoms with Crippen molar-refractivity contribution in [3.63, 3.8) is 0 Å². The number of thiocarbonyl (C=S) groups is 1. The highest BCUT2D eigenvalue weighted by Gasteiger charge is 2.05. The summed E-state index contributed by atoms with van der Waals surface area (Å²) in [5.41, 5.74) is 7.52. The van der Waals surface area contributed by atoms with E-state index in [-0.39, 0.29) is 10.6 Å². The minimum absolute atomic E-state index is 0.0689. The van der Waals surface area contributed by atoms with E-state index < -0.39 is 5.82 Å². The molecule has 0 radical (unpaired) electrons. The Hall–Kier alpha value is -1.95. The summed E-state index contributed by atoms with van der Waals surface area (Å²) in [7, 11) is 1.88. The molecule has 100 valence electrons. The summed E-state index contributed by atoms with van der Waals surface area (Å²) in [6.45, 7) is 0.706. The molecule has 1 aromatic heterocycles. The molecule has 0 aliphatic heterocycles. The molecule has 0 atom stereocenters. The number of nitrogens with two attached hydrogens (primary N) is 1. The number of nitrogens with zero attached hydrogens (tertiary/aromatic N) is 2. The van der Waals surface area contributed by atoms with Gasteiger partial charge in [-0.05, 0) is 30.2 Å². The molecule has 0 aliphatic rings. The molecule has 0 amide bonds. The van der Waals surface area contributed by atoms with E-state index in [0.29, 0.717) is 12.2 Å². The van der Waals surface area contributed by atoms with Crippen molar-refractivity contribution in [3.05, 3.63) is 47.5 Å². The standard InChI is InChI=1S/C13H15FN4S/c1-18-8-9(7-17-18)4-5-16-10-2-3-11(13(15)19)12(14)6-10/h2-3,6-8,16H,4-5H2,1H3,(H2,15,19). The van der Waals surface area contributed by atoms with Crippen molar-refractivity contribution in [1.29, 1.82) is 0 Å². The fraction of sp³-hybridized carbons (Fsp3) is 0.231. The van der Waals surface area contributed by atoms with Crippen molar-refractivity contribution in [2.45, 2.75) is 6.42 Å². The van der Waals surface area contributed by atoms with Crippen LogP contribution in [0.2, 0.25) is 0 Å². The van der Waals surface area contributed by atoms with Crippen molar-refractivity contribution >= 4 is 22.9 Å². The summed E-state index contributed by atoms with van der Waals surface area (Å²) >= 11 is 4.75. The number of nitrogens with one attached hydrogen (secondary N) is 1. The normalized spacial score (nSPS) is 10.4. The van der Waals surface area contributed by atoms with Gasteiger partial charge in [-0.3, -0.25) is 4.68 Å². The van der Waals surface area contributed by atoms with Crippen LogP contribution in [0.25, 0.3) is 0 Å². The molecular weight excluding hydrogens is 263 g/mol. The van der Waals surface area contributed by atoms with Crippen molar-refractivity contribution in [2.75, 3.05) is 11.9 Å². The van der Waals surface area contributed by atoms with Crippen molar-refractivity contribution < 1.29 is 4.39 Å². The van der Waals surface area contributed by atoms with Crippen molar-refractivity contribution in [1.82, 2.24) is 9.78 Å². The number of rotatable bonds is 5. The number of aromatic nitrogens is 2. The van der Waals surface area contributed by atoms with E-state index in [4.69, 9.17) is 18.0 Å². The first-order valence-corrected chi connectivity index (χ1v) is 6.28. The molecule has 0 saturated heterocycles. The molecule has 0 bridgehead atoms. The van der Waals surface area contributed by atoms with E-state index in [9.17, 15) is 4.39 Å². The lowest BCUT2D eigenvalue weighted by Gasteiger charge is -2.07. The maximum absolute atomic E-state index is 13.6. The second kappa shape index (κ2) is 5.79. The highest BCUT2D eigenvalue weighted by atomic mass is 32.1. The summed E-state index contributed by atoms with van der Waals surface area (Å²) < 4.78 is 15.4. The van der Waals surface area contributed by atoms with Crippen LogP contribution < -0.4 is 11.1 Å². The highest BCUT2D eigenvalue weighted by molar-refractivity contribution is 7.80. The highest BCUT2D eigenvalue weighted by Crippen LogP contribution is 2.14. The monoisotopic (exact) mass is 278 g/mol. The lowest BCUT2D eigenvalue weighted by molar-refractivity contribution is 0.626. The van der Waals surface area contributed by atoms with Crippen LogP contribution in [0.5, 0.6) is 0 Å². The third-order valence-electron chi connectivity index (χ3n) is 2.74. The van der Waals surface area contributed by atoms with Crippen LogP contribution in [0, 0.1) is 5.82 Å². The zero-order chi connectivity index (χ0) is 13.8. The molecule has 0 spiro atoms. The lowest BCUT2D eigenvalue weighted by atomic mass is 10.2. The predicted octanol–water partition coefficient (Wildman–Crippen LogP) is 1.85. The van der Waals surface area contributed by atoms with Gasteiger partial charge in [-0.15, -0.1) is 0 Å². The van der Waals surface area contributed by atoms with E-state index in [0.717, 1.165) is 12.0 Å². The number of hydrogen-bond acceptors (Lipinski definition) is 3. The van der Waals surface area contributed by atoms with Crippen molar-refractivity contribution in [2.24, 2.45) is 12.8 Å². The summed E-state index contributed by atoms with van der Waals surface area (Å²) in [6.07, 6.45) is 4.60. The van der Waals surface area contributed by atoms with E-state index >= 15 is 0 Å². The zero-order valence-electron chi connectivity index (χ0n) is 10.6. The first-order valence-electron chi connectivity index (χ1n) is 5.87. The third kappa shape index (κ3) is 3.51. The van der Waals surface area contributed by atoms with E-state index in [1.165, 1.54) is 6.07 Å². The molecule has 6 heteroatoms. The van der Waals surface area contributed by atoms with Crippen LogP contribution in [0.4, 0.5) is 10.1 Å². The Morgan fingerprint density at radius 1 is 1.53 bits per heavy atom. The Balaban J connectivity index is 1.93. The molecule has 2 aromatic rings. The summed E-state index contributed by atoms with van der Waals surface area (Å²) in [5.74, 6) is -0.404. The van der Waals surface area contributed by atoms with Gasteiger partial charge in [0.2, 0.25) is 0 Å². The van der Waals surface area contributed by atoms with Crippen LogP contribution >= 0.6 is 12.2 Å². The van der Waals surface area contributed by atoms with Crippen LogP contribution in [0.1, 0.15) is 11.1 Å². The van der Waals surface area contributed by atoms with Gasteiger partial charge in [-0.25, -0.2) is 4.39 Å². The molecule has 4 nitrogen and oxygen atoms in total. The summed E-state index contributed by atoms with van der Waals surface area (Å²) in [6, 6.07) is 4.75. The number of anilines is 1. The largest absolute Gasteiger partial charge is 0.389 e. The fourth-order valence-corrected chi connectivity index (χ4v) is 1.94. The Morgan fingerprint density at radius 3 is 2.89 bits per heavy atom. The summed E-state index contributed by atoms with van der Waals surface area (Å²) in [4.78, 5) is 0.0689. The molecule has 19 heavy (non-hydrogen) atoms. The van der Waals surface area contributed by atoms with Gasteiger partial charge in [0.15, 0.2) is 0 Å². The molecule has 1 heterocycles. The van der Waals surface area contributed by atoms with Crippen molar-refractivity contribution in [3.8, 4) is 0 Å². The van der Waals surface area contributed by atoms with Gasteiger partial charge in [0.25, 0.3) is 0 Å². The van der Waals surface area contributed by atoms with Gasteiger partial charge >= 0.3 is 0 Å². The van der Waals surface area contributed by atoms with Gasteiger partial charge in [-0.2, -0.15) is 5.10 Å². The number of halogens is 1.